The smallest absolute Gasteiger partial charge is 0.272 e. The standard InChI is InChI=1S/C20H23N3O4/c1-3-9-23(10-4-2)20(25)16-11-14(7-8-21-16)19(24)22-15-5-6-17-18(12-15)27-13-26-17/h5-8,11-12H,3-4,9-10,13H2,1-2H3,(H,22,24). The fourth-order valence-electron chi connectivity index (χ4n) is 2.88. The Bertz CT molecular complexity index is 832. The maximum Gasteiger partial charge on any atom is 0.272 e. The minimum atomic E-state index is -0.317. The Morgan fingerprint density at radius 3 is 2.56 bits per heavy atom. The first-order valence-electron chi connectivity index (χ1n) is 9.08. The van der Waals surface area contributed by atoms with E-state index in [4.69, 9.17) is 9.47 Å². The fourth-order valence-corrected chi connectivity index (χ4v) is 2.88. The summed E-state index contributed by atoms with van der Waals surface area (Å²) in [6.45, 7) is 5.57. The van der Waals surface area contributed by atoms with Crippen LogP contribution in [0.15, 0.2) is 36.5 Å². The van der Waals surface area contributed by atoms with Crippen molar-refractivity contribution in [3.05, 3.63) is 47.8 Å². The van der Waals surface area contributed by atoms with Gasteiger partial charge in [0.15, 0.2) is 11.5 Å². The van der Waals surface area contributed by atoms with Gasteiger partial charge in [0.05, 0.1) is 0 Å². The van der Waals surface area contributed by atoms with Crippen molar-refractivity contribution in [2.45, 2.75) is 26.7 Å². The summed E-state index contributed by atoms with van der Waals surface area (Å²) in [4.78, 5) is 31.2. The topological polar surface area (TPSA) is 80.8 Å². The molecule has 0 atom stereocenters. The summed E-state index contributed by atoms with van der Waals surface area (Å²) in [5, 5.41) is 2.81. The molecule has 2 heterocycles. The van der Waals surface area contributed by atoms with E-state index in [0.717, 1.165) is 12.8 Å². The number of hydrogen-bond acceptors (Lipinski definition) is 5. The van der Waals surface area contributed by atoms with Crippen LogP contribution in [0.1, 0.15) is 47.5 Å². The van der Waals surface area contributed by atoms with Crippen LogP contribution < -0.4 is 14.8 Å². The second-order valence-corrected chi connectivity index (χ2v) is 6.24. The number of aromatic nitrogens is 1. The number of carbonyl (C=O) groups is 2. The highest BCUT2D eigenvalue weighted by Gasteiger charge is 2.18. The Kier molecular flexibility index (Phi) is 5.90. The van der Waals surface area contributed by atoms with E-state index in [0.29, 0.717) is 35.8 Å². The number of carbonyl (C=O) groups excluding carboxylic acids is 2. The minimum absolute atomic E-state index is 0.156. The molecule has 7 nitrogen and oxygen atoms in total. The zero-order valence-corrected chi connectivity index (χ0v) is 15.5. The largest absolute Gasteiger partial charge is 0.454 e. The van der Waals surface area contributed by atoms with Crippen LogP contribution in [0.3, 0.4) is 0 Å². The molecular formula is C20H23N3O4. The molecular weight excluding hydrogens is 346 g/mol. The fraction of sp³-hybridized carbons (Fsp3) is 0.350. The molecule has 3 rings (SSSR count). The second kappa shape index (κ2) is 8.53. The van der Waals surface area contributed by atoms with Crippen molar-refractivity contribution < 1.29 is 19.1 Å². The monoisotopic (exact) mass is 369 g/mol. The van der Waals surface area contributed by atoms with Crippen molar-refractivity contribution in [2.24, 2.45) is 0 Å². The quantitative estimate of drug-likeness (QED) is 0.810. The van der Waals surface area contributed by atoms with Crippen molar-refractivity contribution >= 4 is 17.5 Å². The van der Waals surface area contributed by atoms with E-state index in [2.05, 4.69) is 10.3 Å². The van der Waals surface area contributed by atoms with Gasteiger partial charge in [0.2, 0.25) is 6.79 Å². The molecule has 142 valence electrons. The number of anilines is 1. The van der Waals surface area contributed by atoms with Gasteiger partial charge in [-0.2, -0.15) is 0 Å². The van der Waals surface area contributed by atoms with Gasteiger partial charge in [-0.3, -0.25) is 14.6 Å². The van der Waals surface area contributed by atoms with Gasteiger partial charge in [-0.25, -0.2) is 0 Å². The SMILES string of the molecule is CCCN(CCC)C(=O)c1cc(C(=O)Nc2ccc3c(c2)OCO3)ccn1. The number of benzene rings is 1. The molecule has 0 saturated heterocycles. The van der Waals surface area contributed by atoms with E-state index >= 15 is 0 Å². The van der Waals surface area contributed by atoms with Crippen LogP contribution >= 0.6 is 0 Å². The minimum Gasteiger partial charge on any atom is -0.454 e. The maximum absolute atomic E-state index is 12.7. The molecule has 0 saturated carbocycles. The summed E-state index contributed by atoms with van der Waals surface area (Å²) in [6, 6.07) is 8.31. The van der Waals surface area contributed by atoms with Crippen molar-refractivity contribution in [2.75, 3.05) is 25.2 Å². The predicted molar refractivity (Wildman–Crippen MR) is 101 cm³/mol. The molecule has 2 aromatic rings. The van der Waals surface area contributed by atoms with Gasteiger partial charge in [-0.1, -0.05) is 13.8 Å². The van der Waals surface area contributed by atoms with Gasteiger partial charge in [0, 0.05) is 36.6 Å². The third-order valence-corrected chi connectivity index (χ3v) is 4.15. The van der Waals surface area contributed by atoms with E-state index < -0.39 is 0 Å². The number of ether oxygens (including phenoxy) is 2. The van der Waals surface area contributed by atoms with Crippen LogP contribution in [0.25, 0.3) is 0 Å². The molecule has 1 aliphatic heterocycles. The summed E-state index contributed by atoms with van der Waals surface area (Å²) < 4.78 is 10.6. The molecule has 27 heavy (non-hydrogen) atoms. The lowest BCUT2D eigenvalue weighted by atomic mass is 10.2. The van der Waals surface area contributed by atoms with Crippen molar-refractivity contribution in [1.82, 2.24) is 9.88 Å². The van der Waals surface area contributed by atoms with E-state index in [1.807, 2.05) is 13.8 Å². The highest BCUT2D eigenvalue weighted by Crippen LogP contribution is 2.34. The van der Waals surface area contributed by atoms with Crippen LogP contribution in [0.5, 0.6) is 11.5 Å². The number of fused-ring (bicyclic) bond motifs is 1. The van der Waals surface area contributed by atoms with E-state index in [1.54, 1.807) is 29.2 Å². The highest BCUT2D eigenvalue weighted by atomic mass is 16.7. The first-order chi connectivity index (χ1) is 13.1. The third kappa shape index (κ3) is 4.36. The van der Waals surface area contributed by atoms with Crippen LogP contribution in [0, 0.1) is 0 Å². The maximum atomic E-state index is 12.7. The van der Waals surface area contributed by atoms with Crippen molar-refractivity contribution in [3.63, 3.8) is 0 Å². The second-order valence-electron chi connectivity index (χ2n) is 6.24. The van der Waals surface area contributed by atoms with E-state index in [1.165, 1.54) is 12.3 Å². The lowest BCUT2D eigenvalue weighted by Gasteiger charge is -2.21. The molecule has 2 amide bonds. The summed E-state index contributed by atoms with van der Waals surface area (Å²) >= 11 is 0. The number of rotatable bonds is 7. The molecule has 0 aliphatic carbocycles. The molecule has 0 radical (unpaired) electrons. The third-order valence-electron chi connectivity index (χ3n) is 4.15. The molecule has 1 aromatic carbocycles. The molecule has 0 bridgehead atoms. The highest BCUT2D eigenvalue weighted by molar-refractivity contribution is 6.05. The zero-order valence-electron chi connectivity index (χ0n) is 15.5. The average molecular weight is 369 g/mol. The summed E-state index contributed by atoms with van der Waals surface area (Å²) in [6.07, 6.45) is 3.23. The molecule has 1 aliphatic rings. The van der Waals surface area contributed by atoms with E-state index in [9.17, 15) is 9.59 Å². The molecule has 7 heteroatoms. The van der Waals surface area contributed by atoms with Gasteiger partial charge >= 0.3 is 0 Å². The number of nitrogens with one attached hydrogen (secondary N) is 1. The Morgan fingerprint density at radius 2 is 1.81 bits per heavy atom. The lowest BCUT2D eigenvalue weighted by molar-refractivity contribution is 0.0749. The predicted octanol–water partition coefficient (Wildman–Crippen LogP) is 3.32. The molecule has 1 aromatic heterocycles. The number of pyridine rings is 1. The normalized spacial score (nSPS) is 11.9. The van der Waals surface area contributed by atoms with Gasteiger partial charge < -0.3 is 19.7 Å². The Hall–Kier alpha value is -3.09. The van der Waals surface area contributed by atoms with Crippen molar-refractivity contribution in [3.8, 4) is 11.5 Å². The lowest BCUT2D eigenvalue weighted by Crippen LogP contribution is -2.33. The first kappa shape index (κ1) is 18.7. The number of hydrogen-bond donors (Lipinski definition) is 1. The van der Waals surface area contributed by atoms with Gasteiger partial charge in [0.1, 0.15) is 5.69 Å². The van der Waals surface area contributed by atoms with Crippen LogP contribution in [-0.2, 0) is 0 Å². The van der Waals surface area contributed by atoms with Crippen LogP contribution in [0.4, 0.5) is 5.69 Å². The Labute approximate surface area is 158 Å². The van der Waals surface area contributed by atoms with Crippen molar-refractivity contribution in [1.29, 1.82) is 0 Å². The van der Waals surface area contributed by atoms with Gasteiger partial charge in [-0.15, -0.1) is 0 Å². The Balaban J connectivity index is 1.74. The summed E-state index contributed by atoms with van der Waals surface area (Å²) in [5.41, 5.74) is 1.24. The first-order valence-corrected chi connectivity index (χ1v) is 9.08. The molecule has 0 fully saturated rings. The number of nitrogens with zero attached hydrogens (tertiary/aromatic N) is 2. The summed E-state index contributed by atoms with van der Waals surface area (Å²) in [5.74, 6) is 0.768. The Morgan fingerprint density at radius 1 is 1.07 bits per heavy atom. The van der Waals surface area contributed by atoms with Gasteiger partial charge in [-0.05, 0) is 37.1 Å². The summed E-state index contributed by atoms with van der Waals surface area (Å²) in [7, 11) is 0. The van der Waals surface area contributed by atoms with Crippen LogP contribution in [-0.4, -0.2) is 41.6 Å². The number of amides is 2. The molecule has 0 unspecified atom stereocenters. The van der Waals surface area contributed by atoms with E-state index in [-0.39, 0.29) is 24.3 Å². The van der Waals surface area contributed by atoms with Gasteiger partial charge in [0.25, 0.3) is 11.8 Å². The molecule has 1 N–H and O–H groups in total. The molecule has 0 spiro atoms. The average Bonchev–Trinajstić information content (AvgIpc) is 3.15. The zero-order chi connectivity index (χ0) is 19.2. The van der Waals surface area contributed by atoms with Crippen LogP contribution in [0.2, 0.25) is 0 Å².